The van der Waals surface area contributed by atoms with Crippen LogP contribution in [0.25, 0.3) is 0 Å². The highest BCUT2D eigenvalue weighted by atomic mass is 35.5. The topological polar surface area (TPSA) is 36.4 Å². The Labute approximate surface area is 141 Å². The lowest BCUT2D eigenvalue weighted by Gasteiger charge is -2.38. The Morgan fingerprint density at radius 3 is 2.52 bits per heavy atom. The van der Waals surface area contributed by atoms with Gasteiger partial charge in [0.15, 0.2) is 0 Å². The number of carbonyl (C=O) groups is 1. The van der Waals surface area contributed by atoms with Crippen molar-refractivity contribution in [2.24, 2.45) is 0 Å². The van der Waals surface area contributed by atoms with Crippen molar-refractivity contribution in [3.8, 4) is 0 Å². The van der Waals surface area contributed by atoms with E-state index in [1.165, 1.54) is 0 Å². The third-order valence-corrected chi connectivity index (χ3v) is 4.76. The number of benzene rings is 1. The molecule has 0 aliphatic carbocycles. The third kappa shape index (κ3) is 3.54. The number of amides is 1. The van der Waals surface area contributed by atoms with Gasteiger partial charge in [-0.1, -0.05) is 29.8 Å². The van der Waals surface area contributed by atoms with Crippen LogP contribution in [0.2, 0.25) is 5.02 Å². The van der Waals surface area contributed by atoms with Crippen molar-refractivity contribution < 1.29 is 4.79 Å². The molecule has 2 heterocycles. The zero-order valence-corrected chi connectivity index (χ0v) is 13.9. The number of nitrogens with zero attached hydrogens (tertiary/aromatic N) is 3. The smallest absolute Gasteiger partial charge is 0.255 e. The van der Waals surface area contributed by atoms with E-state index in [2.05, 4.69) is 22.9 Å². The molecule has 2 aromatic rings. The number of rotatable bonds is 3. The van der Waals surface area contributed by atoms with Crippen LogP contribution >= 0.6 is 11.6 Å². The number of hydrogen-bond donors (Lipinski definition) is 0. The first-order valence-electron chi connectivity index (χ1n) is 7.84. The summed E-state index contributed by atoms with van der Waals surface area (Å²) in [5.41, 5.74) is 1.79. The first-order valence-corrected chi connectivity index (χ1v) is 8.22. The summed E-state index contributed by atoms with van der Waals surface area (Å²) in [7, 11) is 0. The van der Waals surface area contributed by atoms with E-state index >= 15 is 0 Å². The minimum absolute atomic E-state index is 0.0585. The van der Waals surface area contributed by atoms with Gasteiger partial charge in [-0.25, -0.2) is 0 Å². The molecular weight excluding hydrogens is 310 g/mol. The lowest BCUT2D eigenvalue weighted by molar-refractivity contribution is 0.0582. The molecule has 1 aliphatic rings. The molecule has 120 valence electrons. The van der Waals surface area contributed by atoms with E-state index in [4.69, 9.17) is 11.6 Å². The molecule has 1 fully saturated rings. The van der Waals surface area contributed by atoms with Gasteiger partial charge in [0.25, 0.3) is 5.91 Å². The highest BCUT2D eigenvalue weighted by molar-refractivity contribution is 6.31. The van der Waals surface area contributed by atoms with Crippen molar-refractivity contribution in [1.29, 1.82) is 0 Å². The molecule has 1 amide bonds. The molecule has 3 rings (SSSR count). The molecular formula is C18H20ClN3O. The van der Waals surface area contributed by atoms with Crippen LogP contribution in [0, 0.1) is 0 Å². The van der Waals surface area contributed by atoms with Gasteiger partial charge in [0, 0.05) is 49.6 Å². The van der Waals surface area contributed by atoms with Crippen molar-refractivity contribution in [2.75, 3.05) is 26.2 Å². The van der Waals surface area contributed by atoms with E-state index in [-0.39, 0.29) is 11.9 Å². The predicted molar refractivity (Wildman–Crippen MR) is 91.6 cm³/mol. The van der Waals surface area contributed by atoms with E-state index in [1.54, 1.807) is 18.5 Å². The SMILES string of the molecule is CC(c1ccccc1Cl)N1CCN(C(=O)c2cccnc2)CC1. The van der Waals surface area contributed by atoms with Gasteiger partial charge in [-0.15, -0.1) is 0 Å². The second kappa shape index (κ2) is 7.11. The molecule has 0 bridgehead atoms. The molecule has 23 heavy (non-hydrogen) atoms. The molecule has 1 aromatic carbocycles. The van der Waals surface area contributed by atoms with Crippen molar-refractivity contribution >= 4 is 17.5 Å². The molecule has 0 N–H and O–H groups in total. The van der Waals surface area contributed by atoms with Gasteiger partial charge in [-0.3, -0.25) is 14.7 Å². The first-order chi connectivity index (χ1) is 11.2. The fourth-order valence-corrected chi connectivity index (χ4v) is 3.29. The van der Waals surface area contributed by atoms with Gasteiger partial charge < -0.3 is 4.90 Å². The first kappa shape index (κ1) is 16.0. The largest absolute Gasteiger partial charge is 0.336 e. The Hall–Kier alpha value is -1.91. The number of carbonyl (C=O) groups excluding carboxylic acids is 1. The molecule has 5 heteroatoms. The van der Waals surface area contributed by atoms with Crippen molar-refractivity contribution in [3.05, 3.63) is 64.9 Å². The fourth-order valence-electron chi connectivity index (χ4n) is 2.99. The number of piperazine rings is 1. The quantitative estimate of drug-likeness (QED) is 0.867. The van der Waals surface area contributed by atoms with Crippen LogP contribution in [0.1, 0.15) is 28.9 Å². The van der Waals surface area contributed by atoms with E-state index in [0.29, 0.717) is 5.56 Å². The van der Waals surface area contributed by atoms with Crippen LogP contribution in [0.5, 0.6) is 0 Å². The average Bonchev–Trinajstić information content (AvgIpc) is 2.62. The monoisotopic (exact) mass is 329 g/mol. The molecule has 0 radical (unpaired) electrons. The fraction of sp³-hybridized carbons (Fsp3) is 0.333. The summed E-state index contributed by atoms with van der Waals surface area (Å²) in [4.78, 5) is 20.7. The number of pyridine rings is 1. The molecule has 0 spiro atoms. The lowest BCUT2D eigenvalue weighted by atomic mass is 10.1. The van der Waals surface area contributed by atoms with Crippen LogP contribution < -0.4 is 0 Å². The van der Waals surface area contributed by atoms with Crippen LogP contribution in [0.4, 0.5) is 0 Å². The maximum Gasteiger partial charge on any atom is 0.255 e. The number of halogens is 1. The number of hydrogen-bond acceptors (Lipinski definition) is 3. The third-order valence-electron chi connectivity index (χ3n) is 4.41. The number of aromatic nitrogens is 1. The second-order valence-corrected chi connectivity index (χ2v) is 6.17. The minimum Gasteiger partial charge on any atom is -0.336 e. The molecule has 0 saturated carbocycles. The van der Waals surface area contributed by atoms with E-state index in [1.807, 2.05) is 29.2 Å². The summed E-state index contributed by atoms with van der Waals surface area (Å²) in [6, 6.07) is 11.8. The van der Waals surface area contributed by atoms with Gasteiger partial charge in [0.2, 0.25) is 0 Å². The van der Waals surface area contributed by atoms with Gasteiger partial charge in [0.1, 0.15) is 0 Å². The standard InChI is InChI=1S/C18H20ClN3O/c1-14(16-6-2-3-7-17(16)19)21-9-11-22(12-10-21)18(23)15-5-4-8-20-13-15/h2-8,13-14H,9-12H2,1H3. The van der Waals surface area contributed by atoms with Gasteiger partial charge >= 0.3 is 0 Å². The molecule has 4 nitrogen and oxygen atoms in total. The molecule has 1 aromatic heterocycles. The summed E-state index contributed by atoms with van der Waals surface area (Å²) < 4.78 is 0. The molecule has 1 aliphatic heterocycles. The predicted octanol–water partition coefficient (Wildman–Crippen LogP) is 3.25. The zero-order valence-electron chi connectivity index (χ0n) is 13.2. The normalized spacial score (nSPS) is 17.0. The van der Waals surface area contributed by atoms with Crippen molar-refractivity contribution in [2.45, 2.75) is 13.0 Å². The Bertz CT molecular complexity index is 669. The zero-order chi connectivity index (χ0) is 16.2. The average molecular weight is 330 g/mol. The summed E-state index contributed by atoms with van der Waals surface area (Å²) >= 11 is 6.30. The summed E-state index contributed by atoms with van der Waals surface area (Å²) in [6.45, 7) is 5.31. The van der Waals surface area contributed by atoms with Gasteiger partial charge in [0.05, 0.1) is 5.56 Å². The maximum absolute atomic E-state index is 12.4. The Morgan fingerprint density at radius 1 is 1.13 bits per heavy atom. The lowest BCUT2D eigenvalue weighted by Crippen LogP contribution is -2.49. The van der Waals surface area contributed by atoms with Crippen LogP contribution in [-0.2, 0) is 0 Å². The highest BCUT2D eigenvalue weighted by Crippen LogP contribution is 2.27. The Morgan fingerprint density at radius 2 is 1.87 bits per heavy atom. The van der Waals surface area contributed by atoms with Crippen molar-refractivity contribution in [3.63, 3.8) is 0 Å². The Kier molecular flexibility index (Phi) is 4.94. The molecule has 1 atom stereocenters. The van der Waals surface area contributed by atoms with Gasteiger partial charge in [-0.05, 0) is 30.7 Å². The summed E-state index contributed by atoms with van der Waals surface area (Å²) in [5.74, 6) is 0.0585. The van der Waals surface area contributed by atoms with E-state index < -0.39 is 0 Å². The van der Waals surface area contributed by atoms with E-state index in [9.17, 15) is 4.79 Å². The molecule has 1 unspecified atom stereocenters. The summed E-state index contributed by atoms with van der Waals surface area (Å²) in [6.07, 6.45) is 3.31. The van der Waals surface area contributed by atoms with Crippen LogP contribution in [-0.4, -0.2) is 46.9 Å². The summed E-state index contributed by atoms with van der Waals surface area (Å²) in [5, 5.41) is 0.800. The highest BCUT2D eigenvalue weighted by Gasteiger charge is 2.26. The van der Waals surface area contributed by atoms with Crippen LogP contribution in [0.3, 0.4) is 0 Å². The second-order valence-electron chi connectivity index (χ2n) is 5.77. The maximum atomic E-state index is 12.4. The van der Waals surface area contributed by atoms with Crippen molar-refractivity contribution in [1.82, 2.24) is 14.8 Å². The Balaban J connectivity index is 1.62. The molecule has 1 saturated heterocycles. The van der Waals surface area contributed by atoms with Gasteiger partial charge in [-0.2, -0.15) is 0 Å². The van der Waals surface area contributed by atoms with Crippen LogP contribution in [0.15, 0.2) is 48.8 Å². The minimum atomic E-state index is 0.0585. The van der Waals surface area contributed by atoms with E-state index in [0.717, 1.165) is 36.8 Å².